The molecule has 1 amide bonds. The van der Waals surface area contributed by atoms with Crippen molar-refractivity contribution < 1.29 is 24.2 Å². The quantitative estimate of drug-likeness (QED) is 0.354. The lowest BCUT2D eigenvalue weighted by Gasteiger charge is -2.25. The number of aliphatic hydroxyl groups is 1. The fraction of sp³-hybridized carbons (Fsp3) is 0.222. The van der Waals surface area contributed by atoms with Gasteiger partial charge in [0, 0.05) is 24.5 Å². The molecule has 1 N–H and O–H groups in total. The monoisotopic (exact) mass is 456 g/mol. The third-order valence-corrected chi connectivity index (χ3v) is 6.13. The predicted octanol–water partition coefficient (Wildman–Crippen LogP) is 4.04. The molecule has 7 nitrogen and oxygen atoms in total. The molecule has 0 radical (unpaired) electrons. The Labute approximate surface area is 197 Å². The van der Waals surface area contributed by atoms with Crippen molar-refractivity contribution in [1.29, 1.82) is 0 Å². The molecule has 1 saturated heterocycles. The number of ketones is 1. The second kappa shape index (κ2) is 9.02. The van der Waals surface area contributed by atoms with Gasteiger partial charge in [-0.1, -0.05) is 37.3 Å². The van der Waals surface area contributed by atoms with Crippen LogP contribution in [0.1, 0.15) is 35.2 Å². The van der Waals surface area contributed by atoms with Crippen LogP contribution in [0, 0.1) is 0 Å². The molecule has 34 heavy (non-hydrogen) atoms. The van der Waals surface area contributed by atoms with E-state index in [-0.39, 0.29) is 17.9 Å². The summed E-state index contributed by atoms with van der Waals surface area (Å²) >= 11 is 0. The van der Waals surface area contributed by atoms with Crippen LogP contribution in [0.25, 0.3) is 5.76 Å². The van der Waals surface area contributed by atoms with Gasteiger partial charge in [0.05, 0.1) is 11.6 Å². The fourth-order valence-corrected chi connectivity index (χ4v) is 4.36. The van der Waals surface area contributed by atoms with Gasteiger partial charge in [-0.05, 0) is 47.4 Å². The number of benzene rings is 2. The molecule has 0 saturated carbocycles. The summed E-state index contributed by atoms with van der Waals surface area (Å²) in [6.07, 6.45) is 4.19. The number of aliphatic hydroxyl groups excluding tert-OH is 1. The lowest BCUT2D eigenvalue weighted by Crippen LogP contribution is -2.29. The van der Waals surface area contributed by atoms with E-state index in [2.05, 4.69) is 11.9 Å². The van der Waals surface area contributed by atoms with Gasteiger partial charge in [-0.3, -0.25) is 14.6 Å². The lowest BCUT2D eigenvalue weighted by atomic mass is 9.94. The highest BCUT2D eigenvalue weighted by Crippen LogP contribution is 2.41. The van der Waals surface area contributed by atoms with Gasteiger partial charge in [0.25, 0.3) is 11.7 Å². The molecule has 3 aromatic rings. The minimum absolute atomic E-state index is 0.0508. The van der Waals surface area contributed by atoms with Gasteiger partial charge in [-0.25, -0.2) is 0 Å². The third-order valence-electron chi connectivity index (χ3n) is 6.13. The Morgan fingerprint density at radius 3 is 2.50 bits per heavy atom. The number of Topliss-reactive ketones (excluding diaryl/α,β-unsaturated/α-hetero) is 1. The number of ether oxygens (including phenoxy) is 2. The number of carbonyl (C=O) groups excluding carboxylic acids is 2. The Hall–Kier alpha value is -4.13. The highest BCUT2D eigenvalue weighted by Gasteiger charge is 2.46. The number of nitrogens with zero attached hydrogens (tertiary/aromatic N) is 2. The zero-order valence-corrected chi connectivity index (χ0v) is 18.7. The molecule has 5 rings (SSSR count). The zero-order valence-electron chi connectivity index (χ0n) is 18.7. The first-order valence-corrected chi connectivity index (χ1v) is 11.2. The van der Waals surface area contributed by atoms with Crippen molar-refractivity contribution >= 4 is 17.4 Å². The van der Waals surface area contributed by atoms with Crippen LogP contribution in [-0.4, -0.2) is 39.9 Å². The Morgan fingerprint density at radius 2 is 1.79 bits per heavy atom. The number of likely N-dealkylation sites (tertiary alicyclic amines) is 1. The highest BCUT2D eigenvalue weighted by molar-refractivity contribution is 6.46. The molecule has 0 spiro atoms. The third kappa shape index (κ3) is 3.90. The summed E-state index contributed by atoms with van der Waals surface area (Å²) < 4.78 is 11.2. The number of rotatable bonds is 5. The van der Waals surface area contributed by atoms with E-state index in [1.54, 1.807) is 36.7 Å². The summed E-state index contributed by atoms with van der Waals surface area (Å²) in [6, 6.07) is 15.7. The minimum Gasteiger partial charge on any atom is -0.507 e. The van der Waals surface area contributed by atoms with Gasteiger partial charge in [0.2, 0.25) is 0 Å². The molecule has 7 heteroatoms. The SMILES string of the molecule is CCc1ccc([C@H]2C(=C(O)c3ccc4c(c3)OCCO4)C(=O)C(=O)N2Cc2cccnc2)cc1. The maximum atomic E-state index is 13.2. The number of aromatic nitrogens is 1. The molecule has 0 unspecified atom stereocenters. The van der Waals surface area contributed by atoms with Crippen LogP contribution >= 0.6 is 0 Å². The lowest BCUT2D eigenvalue weighted by molar-refractivity contribution is -0.140. The van der Waals surface area contributed by atoms with Crippen LogP contribution in [-0.2, 0) is 22.6 Å². The minimum atomic E-state index is -0.737. The van der Waals surface area contributed by atoms with Gasteiger partial charge in [-0.2, -0.15) is 0 Å². The normalized spacial score (nSPS) is 18.9. The summed E-state index contributed by atoms with van der Waals surface area (Å²) in [5.74, 6) is -0.558. The molecule has 1 fully saturated rings. The largest absolute Gasteiger partial charge is 0.507 e. The number of pyridine rings is 1. The number of amides is 1. The molecule has 1 atom stereocenters. The Morgan fingerprint density at radius 1 is 1.03 bits per heavy atom. The van der Waals surface area contributed by atoms with E-state index < -0.39 is 17.7 Å². The van der Waals surface area contributed by atoms with Gasteiger partial charge in [0.1, 0.15) is 19.0 Å². The average Bonchev–Trinajstić information content (AvgIpc) is 3.13. The van der Waals surface area contributed by atoms with Crippen molar-refractivity contribution in [2.45, 2.75) is 25.9 Å². The Bertz CT molecular complexity index is 1270. The van der Waals surface area contributed by atoms with Crippen LogP contribution in [0.5, 0.6) is 11.5 Å². The number of fused-ring (bicyclic) bond motifs is 1. The molecule has 2 aromatic carbocycles. The first kappa shape index (κ1) is 21.7. The second-order valence-electron chi connectivity index (χ2n) is 8.24. The number of aryl methyl sites for hydroxylation is 1. The standard InChI is InChI=1S/C27H24N2O5/c1-2-17-5-7-19(8-6-17)24-23(25(30)20-9-10-21-22(14-20)34-13-12-33-21)26(31)27(32)29(24)16-18-4-3-11-28-15-18/h3-11,14-15,24,30H,2,12-13,16H2,1H3/t24-/m0/s1. The zero-order chi connectivity index (χ0) is 23.7. The molecule has 1 aromatic heterocycles. The fourth-order valence-electron chi connectivity index (χ4n) is 4.36. The van der Waals surface area contributed by atoms with Crippen molar-refractivity contribution in [3.05, 3.63) is 94.8 Å². The van der Waals surface area contributed by atoms with Crippen molar-refractivity contribution in [2.24, 2.45) is 0 Å². The van der Waals surface area contributed by atoms with Crippen molar-refractivity contribution in [3.63, 3.8) is 0 Å². The molecular weight excluding hydrogens is 432 g/mol. The van der Waals surface area contributed by atoms with Gasteiger partial charge >= 0.3 is 0 Å². The molecule has 0 aliphatic carbocycles. The van der Waals surface area contributed by atoms with Crippen molar-refractivity contribution in [1.82, 2.24) is 9.88 Å². The Kier molecular flexibility index (Phi) is 5.76. The van der Waals surface area contributed by atoms with E-state index in [4.69, 9.17) is 9.47 Å². The molecule has 2 aliphatic rings. The average molecular weight is 456 g/mol. The number of hydrogen-bond donors (Lipinski definition) is 1. The molecule has 172 valence electrons. The van der Waals surface area contributed by atoms with Gasteiger partial charge in [-0.15, -0.1) is 0 Å². The maximum absolute atomic E-state index is 13.2. The maximum Gasteiger partial charge on any atom is 0.295 e. The van der Waals surface area contributed by atoms with E-state index >= 15 is 0 Å². The van der Waals surface area contributed by atoms with Gasteiger partial charge < -0.3 is 19.5 Å². The summed E-state index contributed by atoms with van der Waals surface area (Å²) in [5, 5.41) is 11.3. The highest BCUT2D eigenvalue weighted by atomic mass is 16.6. The number of carbonyl (C=O) groups is 2. The van der Waals surface area contributed by atoms with Crippen LogP contribution in [0.4, 0.5) is 0 Å². The first-order valence-electron chi connectivity index (χ1n) is 11.2. The molecular formula is C27H24N2O5. The summed E-state index contributed by atoms with van der Waals surface area (Å²) in [4.78, 5) is 32.0. The van der Waals surface area contributed by atoms with Crippen molar-refractivity contribution in [2.75, 3.05) is 13.2 Å². The molecule has 2 aliphatic heterocycles. The Balaban J connectivity index is 1.62. The summed E-state index contributed by atoms with van der Waals surface area (Å²) in [6.45, 7) is 3.10. The topological polar surface area (TPSA) is 89.0 Å². The van der Waals surface area contributed by atoms with Crippen molar-refractivity contribution in [3.8, 4) is 11.5 Å². The summed E-state index contributed by atoms with van der Waals surface area (Å²) in [5.41, 5.74) is 3.12. The molecule has 3 heterocycles. The van der Waals surface area contributed by atoms with E-state index in [0.29, 0.717) is 30.3 Å². The number of hydrogen-bond acceptors (Lipinski definition) is 6. The van der Waals surface area contributed by atoms with Gasteiger partial charge in [0.15, 0.2) is 11.5 Å². The predicted molar refractivity (Wildman–Crippen MR) is 125 cm³/mol. The second-order valence-corrected chi connectivity index (χ2v) is 8.24. The first-order chi connectivity index (χ1) is 16.6. The van der Waals surface area contributed by atoms with Crippen LogP contribution in [0.15, 0.2) is 72.6 Å². The van der Waals surface area contributed by atoms with E-state index in [9.17, 15) is 14.7 Å². The smallest absolute Gasteiger partial charge is 0.295 e. The van der Waals surface area contributed by atoms with E-state index in [0.717, 1.165) is 23.1 Å². The van der Waals surface area contributed by atoms with E-state index in [1.165, 1.54) is 4.90 Å². The van der Waals surface area contributed by atoms with E-state index in [1.807, 2.05) is 30.3 Å². The van der Waals surface area contributed by atoms with Crippen LogP contribution in [0.3, 0.4) is 0 Å². The van der Waals surface area contributed by atoms with Crippen LogP contribution in [0.2, 0.25) is 0 Å². The van der Waals surface area contributed by atoms with Crippen LogP contribution < -0.4 is 9.47 Å². The summed E-state index contributed by atoms with van der Waals surface area (Å²) in [7, 11) is 0. The molecule has 0 bridgehead atoms.